The van der Waals surface area contributed by atoms with Crippen molar-refractivity contribution in [2.45, 2.75) is 19.4 Å². The first-order valence-electron chi connectivity index (χ1n) is 5.40. The van der Waals surface area contributed by atoms with E-state index in [4.69, 9.17) is 10.3 Å². The van der Waals surface area contributed by atoms with Crippen molar-refractivity contribution in [2.24, 2.45) is 12.8 Å². The normalized spacial score (nSPS) is 12.6. The van der Waals surface area contributed by atoms with Gasteiger partial charge in [0.25, 0.3) is 0 Å². The Morgan fingerprint density at radius 3 is 2.94 bits per heavy atom. The Kier molecular flexibility index (Phi) is 3.10. The van der Waals surface area contributed by atoms with Crippen molar-refractivity contribution in [1.29, 1.82) is 0 Å². The van der Waals surface area contributed by atoms with E-state index < -0.39 is 6.04 Å². The van der Waals surface area contributed by atoms with Crippen LogP contribution in [0.3, 0.4) is 0 Å². The summed E-state index contributed by atoms with van der Waals surface area (Å²) in [5.41, 5.74) is 7.19. The van der Waals surface area contributed by atoms with Crippen LogP contribution in [-0.4, -0.2) is 21.5 Å². The molecule has 2 aromatic rings. The fourth-order valence-corrected chi connectivity index (χ4v) is 1.70. The van der Waals surface area contributed by atoms with Crippen molar-refractivity contribution < 1.29 is 9.32 Å². The molecule has 5 heteroatoms. The van der Waals surface area contributed by atoms with E-state index in [1.807, 2.05) is 30.1 Å². The third-order valence-corrected chi connectivity index (χ3v) is 2.57. The second-order valence-electron chi connectivity index (χ2n) is 4.18. The predicted molar refractivity (Wildman–Crippen MR) is 62.7 cm³/mol. The van der Waals surface area contributed by atoms with Gasteiger partial charge in [0, 0.05) is 25.5 Å². The number of nitrogens with zero attached hydrogens (tertiary/aromatic N) is 2. The number of ketones is 1. The molecule has 1 unspecified atom stereocenters. The van der Waals surface area contributed by atoms with Crippen LogP contribution in [0, 0.1) is 6.92 Å². The average Bonchev–Trinajstić information content (AvgIpc) is 2.87. The lowest BCUT2D eigenvalue weighted by Crippen LogP contribution is -2.32. The van der Waals surface area contributed by atoms with E-state index in [0.717, 1.165) is 5.56 Å². The highest BCUT2D eigenvalue weighted by Crippen LogP contribution is 2.08. The fourth-order valence-electron chi connectivity index (χ4n) is 1.70. The number of carbonyl (C=O) groups is 1. The maximum absolute atomic E-state index is 11.9. The summed E-state index contributed by atoms with van der Waals surface area (Å²) in [6.07, 6.45) is 4.37. The largest absolute Gasteiger partial charge is 0.361 e. The summed E-state index contributed by atoms with van der Waals surface area (Å²) in [5, 5.41) is 3.67. The summed E-state index contributed by atoms with van der Waals surface area (Å²) in [6, 6.07) is 2.97. The standard InChI is InChI=1S/C12H15N3O2/c1-8-5-11(14-17-8)12(16)10(13)6-9-3-4-15(2)7-9/h3-5,7,10H,6,13H2,1-2H3. The van der Waals surface area contributed by atoms with E-state index in [-0.39, 0.29) is 5.78 Å². The number of aromatic nitrogens is 2. The number of carbonyl (C=O) groups excluding carboxylic acids is 1. The summed E-state index contributed by atoms with van der Waals surface area (Å²) < 4.78 is 6.78. The van der Waals surface area contributed by atoms with Gasteiger partial charge < -0.3 is 14.8 Å². The molecule has 0 aliphatic rings. The van der Waals surface area contributed by atoms with Gasteiger partial charge in [-0.2, -0.15) is 0 Å². The number of hydrogen-bond donors (Lipinski definition) is 1. The monoisotopic (exact) mass is 233 g/mol. The van der Waals surface area contributed by atoms with Crippen molar-refractivity contribution in [1.82, 2.24) is 9.72 Å². The molecule has 0 radical (unpaired) electrons. The summed E-state index contributed by atoms with van der Waals surface area (Å²) in [5.74, 6) is 0.422. The van der Waals surface area contributed by atoms with Gasteiger partial charge in [-0.15, -0.1) is 0 Å². The zero-order chi connectivity index (χ0) is 12.4. The maximum atomic E-state index is 11.9. The van der Waals surface area contributed by atoms with Gasteiger partial charge in [-0.25, -0.2) is 0 Å². The van der Waals surface area contributed by atoms with Crippen LogP contribution in [0.15, 0.2) is 29.0 Å². The minimum Gasteiger partial charge on any atom is -0.361 e. The summed E-state index contributed by atoms with van der Waals surface area (Å²) in [4.78, 5) is 11.9. The predicted octanol–water partition coefficient (Wildman–Crippen LogP) is 1.07. The van der Waals surface area contributed by atoms with Gasteiger partial charge in [-0.05, 0) is 25.0 Å². The third-order valence-electron chi connectivity index (χ3n) is 2.57. The minimum atomic E-state index is -0.582. The van der Waals surface area contributed by atoms with Crippen LogP contribution in [-0.2, 0) is 13.5 Å². The minimum absolute atomic E-state index is 0.189. The van der Waals surface area contributed by atoms with Gasteiger partial charge in [0.1, 0.15) is 5.76 Å². The molecule has 0 fully saturated rings. The van der Waals surface area contributed by atoms with Crippen LogP contribution in [0.1, 0.15) is 21.8 Å². The molecule has 90 valence electrons. The highest BCUT2D eigenvalue weighted by Gasteiger charge is 2.19. The Hall–Kier alpha value is -1.88. The molecular formula is C12H15N3O2. The molecule has 0 aliphatic carbocycles. The van der Waals surface area contributed by atoms with Crippen LogP contribution >= 0.6 is 0 Å². The SMILES string of the molecule is Cc1cc(C(=O)C(N)Cc2ccn(C)c2)no1. The second kappa shape index (κ2) is 4.55. The quantitative estimate of drug-likeness (QED) is 0.802. The Balaban J connectivity index is 2.05. The molecule has 5 nitrogen and oxygen atoms in total. The van der Waals surface area contributed by atoms with Gasteiger partial charge in [0.2, 0.25) is 5.78 Å². The van der Waals surface area contributed by atoms with Gasteiger partial charge in [-0.3, -0.25) is 4.79 Å². The molecule has 2 N–H and O–H groups in total. The lowest BCUT2D eigenvalue weighted by molar-refractivity contribution is 0.0952. The first-order valence-corrected chi connectivity index (χ1v) is 5.40. The van der Waals surface area contributed by atoms with Crippen molar-refractivity contribution in [3.8, 4) is 0 Å². The van der Waals surface area contributed by atoms with Crippen molar-refractivity contribution in [3.05, 3.63) is 41.5 Å². The average molecular weight is 233 g/mol. The number of hydrogen-bond acceptors (Lipinski definition) is 4. The lowest BCUT2D eigenvalue weighted by Gasteiger charge is -2.06. The molecule has 1 atom stereocenters. The first-order chi connectivity index (χ1) is 8.06. The van der Waals surface area contributed by atoms with Gasteiger partial charge in [0.05, 0.1) is 6.04 Å². The van der Waals surface area contributed by atoms with E-state index >= 15 is 0 Å². The molecule has 0 bridgehead atoms. The van der Waals surface area contributed by atoms with E-state index in [1.54, 1.807) is 13.0 Å². The Bertz CT molecular complexity index is 527. The summed E-state index contributed by atoms with van der Waals surface area (Å²) in [6.45, 7) is 1.74. The van der Waals surface area contributed by atoms with Gasteiger partial charge >= 0.3 is 0 Å². The third kappa shape index (κ3) is 2.62. The molecule has 0 amide bonds. The number of aryl methyl sites for hydroxylation is 2. The molecule has 2 rings (SSSR count). The number of nitrogens with two attached hydrogens (primary N) is 1. The van der Waals surface area contributed by atoms with E-state index in [0.29, 0.717) is 17.9 Å². The van der Waals surface area contributed by atoms with Gasteiger partial charge in [0.15, 0.2) is 5.69 Å². The van der Waals surface area contributed by atoms with E-state index in [2.05, 4.69) is 5.16 Å². The Morgan fingerprint density at radius 1 is 1.65 bits per heavy atom. The molecule has 0 aromatic carbocycles. The highest BCUT2D eigenvalue weighted by molar-refractivity contribution is 5.98. The van der Waals surface area contributed by atoms with Crippen LogP contribution in [0.2, 0.25) is 0 Å². The molecule has 0 saturated heterocycles. The van der Waals surface area contributed by atoms with Crippen molar-refractivity contribution >= 4 is 5.78 Å². The molecule has 0 aliphatic heterocycles. The number of Topliss-reactive ketones (excluding diaryl/α,β-unsaturated/α-hetero) is 1. The van der Waals surface area contributed by atoms with Crippen LogP contribution in [0.5, 0.6) is 0 Å². The molecule has 0 spiro atoms. The van der Waals surface area contributed by atoms with Crippen LogP contribution in [0.25, 0.3) is 0 Å². The summed E-state index contributed by atoms with van der Waals surface area (Å²) in [7, 11) is 1.93. The molecular weight excluding hydrogens is 218 g/mol. The molecule has 2 heterocycles. The molecule has 2 aromatic heterocycles. The zero-order valence-corrected chi connectivity index (χ0v) is 9.88. The Labute approximate surface area is 99.2 Å². The van der Waals surface area contributed by atoms with Crippen LogP contribution in [0.4, 0.5) is 0 Å². The highest BCUT2D eigenvalue weighted by atomic mass is 16.5. The van der Waals surface area contributed by atoms with E-state index in [9.17, 15) is 4.79 Å². The maximum Gasteiger partial charge on any atom is 0.201 e. The smallest absolute Gasteiger partial charge is 0.201 e. The van der Waals surface area contributed by atoms with Gasteiger partial charge in [-0.1, -0.05) is 5.16 Å². The van der Waals surface area contributed by atoms with E-state index in [1.165, 1.54) is 0 Å². The van der Waals surface area contributed by atoms with Crippen molar-refractivity contribution in [2.75, 3.05) is 0 Å². The zero-order valence-electron chi connectivity index (χ0n) is 9.88. The Morgan fingerprint density at radius 2 is 2.41 bits per heavy atom. The van der Waals surface area contributed by atoms with Crippen LogP contribution < -0.4 is 5.73 Å². The number of rotatable bonds is 4. The van der Waals surface area contributed by atoms with Crippen molar-refractivity contribution in [3.63, 3.8) is 0 Å². The molecule has 17 heavy (non-hydrogen) atoms. The first kappa shape index (κ1) is 11.6. The fraction of sp³-hybridized carbons (Fsp3) is 0.333. The second-order valence-corrected chi connectivity index (χ2v) is 4.18. The molecule has 0 saturated carbocycles. The topological polar surface area (TPSA) is 74.1 Å². The lowest BCUT2D eigenvalue weighted by atomic mass is 10.0. The summed E-state index contributed by atoms with van der Waals surface area (Å²) >= 11 is 0.